The predicted molar refractivity (Wildman–Crippen MR) is 163 cm³/mol. The van der Waals surface area contributed by atoms with Crippen LogP contribution < -0.4 is 16.0 Å². The van der Waals surface area contributed by atoms with Crippen LogP contribution in [0.25, 0.3) is 6.08 Å². The third kappa shape index (κ3) is 8.16. The van der Waals surface area contributed by atoms with E-state index in [9.17, 15) is 18.8 Å². The molecule has 0 spiro atoms. The molecule has 0 radical (unpaired) electrons. The summed E-state index contributed by atoms with van der Waals surface area (Å²) in [4.78, 5) is 39.7. The van der Waals surface area contributed by atoms with Crippen LogP contribution in [0.5, 0.6) is 0 Å². The number of thioether (sulfide) groups is 1. The van der Waals surface area contributed by atoms with Gasteiger partial charge in [-0.1, -0.05) is 48.5 Å². The van der Waals surface area contributed by atoms with Crippen molar-refractivity contribution in [3.8, 4) is 0 Å². The van der Waals surface area contributed by atoms with Crippen LogP contribution >= 0.6 is 11.8 Å². The van der Waals surface area contributed by atoms with Crippen LogP contribution in [0.1, 0.15) is 34.0 Å². The van der Waals surface area contributed by atoms with Crippen molar-refractivity contribution >= 4 is 46.9 Å². The fourth-order valence-corrected chi connectivity index (χ4v) is 4.78. The van der Waals surface area contributed by atoms with E-state index in [0.29, 0.717) is 11.3 Å². The molecule has 0 heterocycles. The molecule has 0 saturated heterocycles. The number of hydrogen-bond donors (Lipinski definition) is 3. The average Bonchev–Trinajstić information content (AvgIpc) is 2.96. The van der Waals surface area contributed by atoms with Gasteiger partial charge in [0.05, 0.1) is 5.25 Å². The summed E-state index contributed by atoms with van der Waals surface area (Å²) >= 11 is 1.34. The molecule has 0 fully saturated rings. The van der Waals surface area contributed by atoms with Crippen molar-refractivity contribution in [1.29, 1.82) is 0 Å². The zero-order chi connectivity index (χ0) is 29.4. The number of carbonyl (C=O) groups excluding carboxylic acids is 3. The predicted octanol–water partition coefficient (Wildman–Crippen LogP) is 6.97. The molecule has 1 unspecified atom stereocenters. The Balaban J connectivity index is 1.48. The Hall–Kier alpha value is -4.69. The van der Waals surface area contributed by atoms with Crippen LogP contribution in [0.2, 0.25) is 0 Å². The third-order valence-corrected chi connectivity index (χ3v) is 7.38. The number of nitrogens with one attached hydrogen (secondary N) is 3. The number of aryl methyl sites for hydroxylation is 2. The van der Waals surface area contributed by atoms with Crippen LogP contribution in [-0.4, -0.2) is 23.0 Å². The lowest BCUT2D eigenvalue weighted by Gasteiger charge is -2.14. The Morgan fingerprint density at radius 1 is 0.780 bits per heavy atom. The largest absolute Gasteiger partial charge is 0.325 e. The van der Waals surface area contributed by atoms with Crippen LogP contribution in [-0.2, 0) is 9.59 Å². The van der Waals surface area contributed by atoms with E-state index in [2.05, 4.69) is 16.0 Å². The number of rotatable bonds is 9. The maximum atomic E-state index is 14.4. The van der Waals surface area contributed by atoms with E-state index >= 15 is 0 Å². The van der Waals surface area contributed by atoms with Crippen molar-refractivity contribution in [2.75, 3.05) is 10.6 Å². The number of carbonyl (C=O) groups is 3. The van der Waals surface area contributed by atoms with Gasteiger partial charge in [-0.05, 0) is 86.5 Å². The molecule has 1 atom stereocenters. The highest BCUT2D eigenvalue weighted by molar-refractivity contribution is 8.00. The van der Waals surface area contributed by atoms with E-state index in [-0.39, 0.29) is 17.2 Å². The molecule has 208 valence electrons. The minimum atomic E-state index is -0.625. The first-order chi connectivity index (χ1) is 19.7. The fourth-order valence-electron chi connectivity index (χ4n) is 3.86. The van der Waals surface area contributed by atoms with Gasteiger partial charge < -0.3 is 16.0 Å². The lowest BCUT2D eigenvalue weighted by molar-refractivity contribution is -0.115. The normalized spacial score (nSPS) is 11.9. The van der Waals surface area contributed by atoms with Gasteiger partial charge in [0.2, 0.25) is 5.91 Å². The molecule has 8 heteroatoms. The summed E-state index contributed by atoms with van der Waals surface area (Å²) in [6.45, 7) is 5.81. The first-order valence-electron chi connectivity index (χ1n) is 13.0. The summed E-state index contributed by atoms with van der Waals surface area (Å²) in [7, 11) is 0. The monoisotopic (exact) mass is 567 g/mol. The van der Waals surface area contributed by atoms with Gasteiger partial charge in [-0.2, -0.15) is 0 Å². The van der Waals surface area contributed by atoms with Gasteiger partial charge >= 0.3 is 0 Å². The molecule has 3 N–H and O–H groups in total. The molecule has 0 aliphatic heterocycles. The zero-order valence-electron chi connectivity index (χ0n) is 22.9. The lowest BCUT2D eigenvalue weighted by Crippen LogP contribution is -2.30. The standard InChI is InChI=1S/C33H30FN3O3S/c1-21-16-17-27(18-22(21)2)35-31(38)23(3)41-28-14-9-13-26(20-28)36-33(40)30(19-25-12-7-8-15-29(25)34)37-32(39)24-10-5-4-6-11-24/h4-20,23H,1-3H3,(H,35,38)(H,36,40)(H,37,39)/b30-19-. The minimum Gasteiger partial charge on any atom is -0.325 e. The molecule has 0 bridgehead atoms. The number of hydrogen-bond acceptors (Lipinski definition) is 4. The van der Waals surface area contributed by atoms with Gasteiger partial charge in [-0.15, -0.1) is 11.8 Å². The zero-order valence-corrected chi connectivity index (χ0v) is 23.7. The van der Waals surface area contributed by atoms with Gasteiger partial charge in [0.25, 0.3) is 11.8 Å². The molecule has 6 nitrogen and oxygen atoms in total. The Morgan fingerprint density at radius 3 is 2.22 bits per heavy atom. The maximum absolute atomic E-state index is 14.4. The van der Waals surface area contributed by atoms with Crippen molar-refractivity contribution in [2.24, 2.45) is 0 Å². The molecular weight excluding hydrogens is 537 g/mol. The first-order valence-corrected chi connectivity index (χ1v) is 13.9. The number of anilines is 2. The Bertz CT molecular complexity index is 1600. The van der Waals surface area contributed by atoms with Gasteiger partial charge in [-0.25, -0.2) is 4.39 Å². The van der Waals surface area contributed by atoms with E-state index < -0.39 is 22.9 Å². The third-order valence-electron chi connectivity index (χ3n) is 6.28. The molecule has 0 aliphatic carbocycles. The SMILES string of the molecule is Cc1ccc(NC(=O)C(C)Sc2cccc(NC(=O)/C(=C/c3ccccc3F)NC(=O)c3ccccc3)c2)cc1C. The van der Waals surface area contributed by atoms with E-state index in [1.165, 1.54) is 30.0 Å². The fraction of sp³-hybridized carbons (Fsp3) is 0.121. The summed E-state index contributed by atoms with van der Waals surface area (Å²) in [5.41, 5.74) is 3.81. The van der Waals surface area contributed by atoms with Crippen molar-refractivity contribution in [3.05, 3.63) is 131 Å². The topological polar surface area (TPSA) is 87.3 Å². The highest BCUT2D eigenvalue weighted by atomic mass is 32.2. The average molecular weight is 568 g/mol. The molecule has 4 rings (SSSR count). The van der Waals surface area contributed by atoms with Crippen LogP contribution in [0.4, 0.5) is 15.8 Å². The molecule has 4 aromatic rings. The van der Waals surface area contributed by atoms with E-state index in [0.717, 1.165) is 21.7 Å². The van der Waals surface area contributed by atoms with E-state index in [4.69, 9.17) is 0 Å². The van der Waals surface area contributed by atoms with E-state index in [1.54, 1.807) is 67.6 Å². The van der Waals surface area contributed by atoms with Crippen LogP contribution in [0, 0.1) is 19.7 Å². The highest BCUT2D eigenvalue weighted by Gasteiger charge is 2.18. The summed E-state index contributed by atoms with van der Waals surface area (Å²) in [5, 5.41) is 7.91. The second-order valence-corrected chi connectivity index (χ2v) is 10.8. The smallest absolute Gasteiger partial charge is 0.272 e. The lowest BCUT2D eigenvalue weighted by atomic mass is 10.1. The first kappa shape index (κ1) is 29.3. The summed E-state index contributed by atoms with van der Waals surface area (Å²) in [6.07, 6.45) is 1.29. The molecular formula is C33H30FN3O3S. The van der Waals surface area contributed by atoms with Crippen molar-refractivity contribution in [1.82, 2.24) is 5.32 Å². The Labute approximate surface area is 243 Å². The number of amides is 3. The van der Waals surface area contributed by atoms with Gasteiger partial charge in [0, 0.05) is 27.4 Å². The molecule has 4 aromatic carbocycles. The minimum absolute atomic E-state index is 0.122. The molecule has 0 aliphatic rings. The molecule has 41 heavy (non-hydrogen) atoms. The summed E-state index contributed by atoms with van der Waals surface area (Å²) in [6, 6.07) is 27.2. The summed E-state index contributed by atoms with van der Waals surface area (Å²) < 4.78 is 14.4. The van der Waals surface area contributed by atoms with Gasteiger partial charge in [-0.3, -0.25) is 14.4 Å². The Kier molecular flexibility index (Phi) is 9.71. The molecule has 3 amide bonds. The maximum Gasteiger partial charge on any atom is 0.272 e. The number of halogens is 1. The van der Waals surface area contributed by atoms with Crippen molar-refractivity contribution < 1.29 is 18.8 Å². The van der Waals surface area contributed by atoms with Gasteiger partial charge in [0.1, 0.15) is 11.5 Å². The van der Waals surface area contributed by atoms with Crippen LogP contribution in [0.3, 0.4) is 0 Å². The second-order valence-electron chi connectivity index (χ2n) is 9.43. The van der Waals surface area contributed by atoms with Crippen molar-refractivity contribution in [2.45, 2.75) is 30.9 Å². The van der Waals surface area contributed by atoms with Crippen LogP contribution in [0.15, 0.2) is 108 Å². The second kappa shape index (κ2) is 13.6. The Morgan fingerprint density at radius 2 is 1.49 bits per heavy atom. The quantitative estimate of drug-likeness (QED) is 0.151. The molecule has 0 saturated carbocycles. The highest BCUT2D eigenvalue weighted by Crippen LogP contribution is 2.27. The van der Waals surface area contributed by atoms with Crippen molar-refractivity contribution in [3.63, 3.8) is 0 Å². The summed E-state index contributed by atoms with van der Waals surface area (Å²) in [5.74, 6) is -1.80. The van der Waals surface area contributed by atoms with Gasteiger partial charge in [0.15, 0.2) is 0 Å². The molecule has 0 aromatic heterocycles. The number of benzene rings is 4. The van der Waals surface area contributed by atoms with E-state index in [1.807, 2.05) is 38.1 Å².